The van der Waals surface area contributed by atoms with Gasteiger partial charge in [0, 0.05) is 0 Å². The van der Waals surface area contributed by atoms with Crippen LogP contribution in [0.3, 0.4) is 0 Å². The molecule has 6 heteroatoms. The molecule has 0 aliphatic heterocycles. The number of ether oxygens (including phenoxy) is 1. The summed E-state index contributed by atoms with van der Waals surface area (Å²) >= 11 is 0. The molecule has 0 radical (unpaired) electrons. The molecule has 0 aliphatic rings. The van der Waals surface area contributed by atoms with Gasteiger partial charge in [0.15, 0.2) is 0 Å². The lowest BCUT2D eigenvalue weighted by Crippen LogP contribution is -2.09. The van der Waals surface area contributed by atoms with Gasteiger partial charge in [-0.05, 0) is 47.2 Å². The largest absolute Gasteiger partial charge is 0.454 e. The highest BCUT2D eigenvalue weighted by Gasteiger charge is 2.13. The highest BCUT2D eigenvalue weighted by atomic mass is 16.5. The topological polar surface area (TPSA) is 69.9 Å². The number of benzene rings is 2. The summed E-state index contributed by atoms with van der Waals surface area (Å²) in [5, 5.41) is 10.9. The number of hydrogen-bond acceptors (Lipinski definition) is 5. The Bertz CT molecular complexity index is 740. The van der Waals surface area contributed by atoms with Crippen molar-refractivity contribution in [3.8, 4) is 5.69 Å². The Kier molecular flexibility index (Phi) is 3.91. The van der Waals surface area contributed by atoms with E-state index in [0.29, 0.717) is 5.56 Å². The number of carbonyl (C=O) groups excluding carboxylic acids is 1. The fourth-order valence-corrected chi connectivity index (χ4v) is 2.05. The summed E-state index contributed by atoms with van der Waals surface area (Å²) in [6.07, 6.45) is 1.19. The molecule has 0 bridgehead atoms. The summed E-state index contributed by atoms with van der Waals surface area (Å²) < 4.78 is 6.98. The predicted octanol–water partition coefficient (Wildman–Crippen LogP) is 2.58. The van der Waals surface area contributed by atoms with E-state index in [0.717, 1.165) is 11.3 Å². The first-order chi connectivity index (χ1) is 10.7. The van der Waals surface area contributed by atoms with Crippen molar-refractivity contribution in [1.82, 2.24) is 20.2 Å². The van der Waals surface area contributed by atoms with Gasteiger partial charge in [0.1, 0.15) is 12.4 Å². The molecule has 0 unspecified atom stereocenters. The molecular formula is C16H14N4O2. The van der Waals surface area contributed by atoms with Gasteiger partial charge in [-0.2, -0.15) is 0 Å². The quantitative estimate of drug-likeness (QED) is 0.692. The van der Waals surface area contributed by atoms with E-state index in [4.69, 9.17) is 4.74 Å². The number of hydrogen-bond donors (Lipinski definition) is 0. The number of nitrogens with zero attached hydrogens (tertiary/aromatic N) is 4. The minimum atomic E-state index is -0.361. The molecule has 1 aromatic heterocycles. The molecule has 0 spiro atoms. The van der Waals surface area contributed by atoms with Gasteiger partial charge in [-0.25, -0.2) is 9.48 Å². The maximum atomic E-state index is 12.2. The van der Waals surface area contributed by atoms with E-state index in [1.807, 2.05) is 37.3 Å². The summed E-state index contributed by atoms with van der Waals surface area (Å²) in [6, 6.07) is 16.5. The van der Waals surface area contributed by atoms with Gasteiger partial charge in [-0.1, -0.05) is 30.3 Å². The predicted molar refractivity (Wildman–Crippen MR) is 79.4 cm³/mol. The molecule has 3 rings (SSSR count). The summed E-state index contributed by atoms with van der Waals surface area (Å²) in [6.45, 7) is 1.85. The third-order valence-corrected chi connectivity index (χ3v) is 3.27. The third-order valence-electron chi connectivity index (χ3n) is 3.27. The smallest absolute Gasteiger partial charge is 0.338 e. The molecule has 0 fully saturated rings. The van der Waals surface area contributed by atoms with E-state index in [2.05, 4.69) is 15.5 Å². The van der Waals surface area contributed by atoms with Gasteiger partial charge in [0.05, 0.1) is 11.3 Å². The normalized spacial score (nSPS) is 11.9. The lowest BCUT2D eigenvalue weighted by atomic mass is 10.1. The van der Waals surface area contributed by atoms with Crippen LogP contribution in [0.2, 0.25) is 0 Å². The minimum Gasteiger partial charge on any atom is -0.454 e. The first kappa shape index (κ1) is 13.9. The van der Waals surface area contributed by atoms with Gasteiger partial charge < -0.3 is 4.74 Å². The second-order valence-corrected chi connectivity index (χ2v) is 4.76. The van der Waals surface area contributed by atoms with Gasteiger partial charge in [0.2, 0.25) is 0 Å². The number of carbonyl (C=O) groups is 1. The van der Waals surface area contributed by atoms with E-state index in [-0.39, 0.29) is 12.1 Å². The molecule has 0 amide bonds. The van der Waals surface area contributed by atoms with Gasteiger partial charge in [-0.15, -0.1) is 5.10 Å². The van der Waals surface area contributed by atoms with Gasteiger partial charge in [0.25, 0.3) is 0 Å². The van der Waals surface area contributed by atoms with E-state index in [1.54, 1.807) is 24.3 Å². The summed E-state index contributed by atoms with van der Waals surface area (Å²) in [5.41, 5.74) is 2.22. The zero-order chi connectivity index (χ0) is 15.4. The number of tetrazole rings is 1. The van der Waals surface area contributed by atoms with Crippen LogP contribution < -0.4 is 0 Å². The van der Waals surface area contributed by atoms with E-state index < -0.39 is 0 Å². The van der Waals surface area contributed by atoms with Crippen molar-refractivity contribution in [2.75, 3.05) is 0 Å². The molecule has 22 heavy (non-hydrogen) atoms. The average molecular weight is 294 g/mol. The fraction of sp³-hybridized carbons (Fsp3) is 0.125. The van der Waals surface area contributed by atoms with Crippen molar-refractivity contribution >= 4 is 5.97 Å². The molecule has 1 heterocycles. The zero-order valence-corrected chi connectivity index (χ0v) is 12.0. The second-order valence-electron chi connectivity index (χ2n) is 4.76. The Hall–Kier alpha value is -3.02. The highest BCUT2D eigenvalue weighted by molar-refractivity contribution is 5.89. The van der Waals surface area contributed by atoms with Crippen molar-refractivity contribution in [2.45, 2.75) is 13.0 Å². The monoisotopic (exact) mass is 294 g/mol. The van der Waals surface area contributed by atoms with Crippen molar-refractivity contribution in [3.63, 3.8) is 0 Å². The molecular weight excluding hydrogens is 280 g/mol. The summed E-state index contributed by atoms with van der Waals surface area (Å²) in [5.74, 6) is -0.361. The minimum absolute atomic E-state index is 0.298. The van der Waals surface area contributed by atoms with E-state index in [1.165, 1.54) is 11.0 Å². The van der Waals surface area contributed by atoms with Crippen LogP contribution >= 0.6 is 0 Å². The maximum absolute atomic E-state index is 12.2. The Morgan fingerprint density at radius 3 is 2.45 bits per heavy atom. The molecule has 0 saturated carbocycles. The second kappa shape index (κ2) is 6.17. The maximum Gasteiger partial charge on any atom is 0.338 e. The zero-order valence-electron chi connectivity index (χ0n) is 12.0. The first-order valence-electron chi connectivity index (χ1n) is 6.83. The van der Waals surface area contributed by atoms with Crippen LogP contribution in [0.4, 0.5) is 0 Å². The van der Waals surface area contributed by atoms with Gasteiger partial charge in [-0.3, -0.25) is 0 Å². The van der Waals surface area contributed by atoms with Crippen molar-refractivity contribution in [3.05, 3.63) is 72.1 Å². The summed E-state index contributed by atoms with van der Waals surface area (Å²) in [7, 11) is 0. The molecule has 110 valence electrons. The van der Waals surface area contributed by atoms with Crippen molar-refractivity contribution in [1.29, 1.82) is 0 Å². The van der Waals surface area contributed by atoms with Crippen LogP contribution in [0.25, 0.3) is 5.69 Å². The molecule has 0 N–H and O–H groups in total. The van der Waals surface area contributed by atoms with Crippen molar-refractivity contribution < 1.29 is 9.53 Å². The lowest BCUT2D eigenvalue weighted by Gasteiger charge is -2.13. The molecule has 2 aromatic carbocycles. The Balaban J connectivity index is 1.70. The van der Waals surface area contributed by atoms with Crippen LogP contribution in [0.15, 0.2) is 60.9 Å². The molecule has 0 saturated heterocycles. The highest BCUT2D eigenvalue weighted by Crippen LogP contribution is 2.18. The Morgan fingerprint density at radius 1 is 1.09 bits per heavy atom. The SMILES string of the molecule is C[C@@H](OC(=O)c1ccc(-n2cnnn2)cc1)c1ccccc1. The van der Waals surface area contributed by atoms with E-state index >= 15 is 0 Å². The molecule has 0 aliphatic carbocycles. The standard InChI is InChI=1S/C16H14N4O2/c1-12(13-5-3-2-4-6-13)22-16(21)14-7-9-15(10-8-14)20-11-17-18-19-20/h2-12H,1H3/t12-/m1/s1. The average Bonchev–Trinajstić information content (AvgIpc) is 3.10. The third kappa shape index (κ3) is 3.01. The van der Waals surface area contributed by atoms with Gasteiger partial charge >= 0.3 is 5.97 Å². The van der Waals surface area contributed by atoms with Crippen LogP contribution in [0, 0.1) is 0 Å². The van der Waals surface area contributed by atoms with Crippen LogP contribution in [-0.4, -0.2) is 26.2 Å². The number of rotatable bonds is 4. The van der Waals surface area contributed by atoms with Crippen LogP contribution in [0.5, 0.6) is 0 Å². The van der Waals surface area contributed by atoms with Crippen LogP contribution in [-0.2, 0) is 4.74 Å². The molecule has 6 nitrogen and oxygen atoms in total. The Morgan fingerprint density at radius 2 is 1.82 bits per heavy atom. The molecule has 3 aromatic rings. The van der Waals surface area contributed by atoms with Crippen LogP contribution in [0.1, 0.15) is 28.9 Å². The first-order valence-corrected chi connectivity index (χ1v) is 6.83. The fourth-order valence-electron chi connectivity index (χ4n) is 2.05. The molecule has 1 atom stereocenters. The number of esters is 1. The van der Waals surface area contributed by atoms with Crippen molar-refractivity contribution in [2.24, 2.45) is 0 Å². The Labute approximate surface area is 127 Å². The summed E-state index contributed by atoms with van der Waals surface area (Å²) in [4.78, 5) is 12.2. The van der Waals surface area contributed by atoms with E-state index in [9.17, 15) is 4.79 Å². The number of aromatic nitrogens is 4. The lowest BCUT2D eigenvalue weighted by molar-refractivity contribution is 0.0338.